The topological polar surface area (TPSA) is 71.0 Å². The fourth-order valence-corrected chi connectivity index (χ4v) is 2.03. The highest BCUT2D eigenvalue weighted by atomic mass is 16.6. The minimum Gasteiger partial charge on any atom is -0.373 e. The van der Waals surface area contributed by atoms with Gasteiger partial charge in [-0.3, -0.25) is 0 Å². The van der Waals surface area contributed by atoms with Gasteiger partial charge in [-0.2, -0.15) is 0 Å². The van der Waals surface area contributed by atoms with Crippen molar-refractivity contribution in [2.45, 2.75) is 51.0 Å². The van der Waals surface area contributed by atoms with E-state index < -0.39 is 18.2 Å². The van der Waals surface area contributed by atoms with Gasteiger partial charge in [0.1, 0.15) is 6.10 Å². The second-order valence-corrected chi connectivity index (χ2v) is 4.36. The van der Waals surface area contributed by atoms with Crippen LogP contribution in [-0.2, 0) is 9.47 Å². The summed E-state index contributed by atoms with van der Waals surface area (Å²) in [5.41, 5.74) is -1.33. The minimum atomic E-state index is -1.33. The Morgan fingerprint density at radius 3 is 2.83 bits per heavy atom. The standard InChI is InChI=1S/C13H23NO4/c1-4-6-7-8-11(17-3)13(16)9-10(5-2)18-12(15)14-13/h4,6-8,10-12,14-16H,5,9H2,1-3H3/b6-4-,8-7+/t10-,11-,12+,13+/m1/s1. The molecule has 0 spiro atoms. The lowest BCUT2D eigenvalue weighted by atomic mass is 9.95. The SMILES string of the molecule is C/C=C\C=C\[C@@H](OC)[C@@]1(O)C[C@@H](CC)O[C@H](O)N1. The number of allylic oxidation sites excluding steroid dienone is 3. The van der Waals surface area contributed by atoms with Crippen LogP contribution in [0.5, 0.6) is 0 Å². The van der Waals surface area contributed by atoms with Gasteiger partial charge in [-0.25, -0.2) is 5.32 Å². The number of methoxy groups -OCH3 is 1. The number of hydrogen-bond acceptors (Lipinski definition) is 5. The third-order valence-electron chi connectivity index (χ3n) is 3.00. The van der Waals surface area contributed by atoms with E-state index in [1.807, 2.05) is 26.0 Å². The summed E-state index contributed by atoms with van der Waals surface area (Å²) in [6, 6.07) is 0. The smallest absolute Gasteiger partial charge is 0.216 e. The summed E-state index contributed by atoms with van der Waals surface area (Å²) >= 11 is 0. The lowest BCUT2D eigenvalue weighted by molar-refractivity contribution is -0.262. The second kappa shape index (κ2) is 7.01. The van der Waals surface area contributed by atoms with Gasteiger partial charge in [-0.05, 0) is 13.3 Å². The summed E-state index contributed by atoms with van der Waals surface area (Å²) in [7, 11) is 1.52. The van der Waals surface area contributed by atoms with Crippen LogP contribution in [0.25, 0.3) is 0 Å². The van der Waals surface area contributed by atoms with Gasteiger partial charge in [-0.1, -0.05) is 31.2 Å². The maximum atomic E-state index is 10.6. The molecular weight excluding hydrogens is 234 g/mol. The Hall–Kier alpha value is -0.720. The maximum Gasteiger partial charge on any atom is 0.216 e. The van der Waals surface area contributed by atoms with Crippen LogP contribution in [0.1, 0.15) is 26.7 Å². The van der Waals surface area contributed by atoms with E-state index in [9.17, 15) is 10.2 Å². The zero-order valence-corrected chi connectivity index (χ0v) is 11.2. The molecule has 1 saturated heterocycles. The van der Waals surface area contributed by atoms with Crippen molar-refractivity contribution in [2.24, 2.45) is 0 Å². The lowest BCUT2D eigenvalue weighted by Crippen LogP contribution is -2.64. The monoisotopic (exact) mass is 257 g/mol. The summed E-state index contributed by atoms with van der Waals surface area (Å²) < 4.78 is 10.5. The van der Waals surface area contributed by atoms with E-state index in [4.69, 9.17) is 9.47 Å². The molecule has 0 aromatic heterocycles. The largest absolute Gasteiger partial charge is 0.373 e. The van der Waals surface area contributed by atoms with Gasteiger partial charge in [-0.15, -0.1) is 0 Å². The van der Waals surface area contributed by atoms with Crippen LogP contribution in [-0.4, -0.2) is 41.7 Å². The molecule has 1 aliphatic heterocycles. The molecule has 5 heteroatoms. The van der Waals surface area contributed by atoms with Crippen molar-refractivity contribution in [1.82, 2.24) is 5.32 Å². The van der Waals surface area contributed by atoms with Gasteiger partial charge in [0.25, 0.3) is 0 Å². The van der Waals surface area contributed by atoms with Crippen molar-refractivity contribution in [1.29, 1.82) is 0 Å². The van der Waals surface area contributed by atoms with E-state index in [1.54, 1.807) is 12.2 Å². The third kappa shape index (κ3) is 3.90. The van der Waals surface area contributed by atoms with Crippen molar-refractivity contribution >= 4 is 0 Å². The summed E-state index contributed by atoms with van der Waals surface area (Å²) in [4.78, 5) is 0. The van der Waals surface area contributed by atoms with E-state index in [0.29, 0.717) is 6.42 Å². The van der Waals surface area contributed by atoms with Crippen molar-refractivity contribution in [3.63, 3.8) is 0 Å². The summed E-state index contributed by atoms with van der Waals surface area (Å²) in [5, 5.41) is 22.7. The fraction of sp³-hybridized carbons (Fsp3) is 0.692. The van der Waals surface area contributed by atoms with Crippen molar-refractivity contribution in [3.05, 3.63) is 24.3 Å². The highest BCUT2D eigenvalue weighted by Gasteiger charge is 2.43. The number of aliphatic hydroxyl groups is 2. The molecule has 104 valence electrons. The first kappa shape index (κ1) is 15.3. The Balaban J connectivity index is 2.80. The normalized spacial score (nSPS) is 35.4. The van der Waals surface area contributed by atoms with Gasteiger partial charge in [0, 0.05) is 13.5 Å². The third-order valence-corrected chi connectivity index (χ3v) is 3.00. The molecule has 0 aromatic carbocycles. The molecule has 4 atom stereocenters. The predicted octanol–water partition coefficient (Wildman–Crippen LogP) is 0.887. The molecule has 0 aromatic rings. The number of hydrogen-bond donors (Lipinski definition) is 3. The molecule has 1 fully saturated rings. The van der Waals surface area contributed by atoms with Crippen LogP contribution in [0.4, 0.5) is 0 Å². The number of rotatable bonds is 5. The van der Waals surface area contributed by atoms with E-state index >= 15 is 0 Å². The summed E-state index contributed by atoms with van der Waals surface area (Å²) in [6.07, 6.45) is 6.43. The Bertz CT molecular complexity index is 305. The van der Waals surface area contributed by atoms with Gasteiger partial charge in [0.2, 0.25) is 6.41 Å². The Kier molecular flexibility index (Phi) is 5.98. The highest BCUT2D eigenvalue weighted by Crippen LogP contribution is 2.26. The Morgan fingerprint density at radius 2 is 2.28 bits per heavy atom. The molecule has 0 saturated carbocycles. The molecular formula is C13H23NO4. The van der Waals surface area contributed by atoms with Crippen LogP contribution >= 0.6 is 0 Å². The molecule has 18 heavy (non-hydrogen) atoms. The van der Waals surface area contributed by atoms with Crippen molar-refractivity contribution in [3.8, 4) is 0 Å². The van der Waals surface area contributed by atoms with Crippen LogP contribution in [0.3, 0.4) is 0 Å². The molecule has 0 bridgehead atoms. The molecule has 0 radical (unpaired) electrons. The molecule has 1 rings (SSSR count). The molecule has 0 aliphatic carbocycles. The summed E-state index contributed by atoms with van der Waals surface area (Å²) in [6.45, 7) is 3.85. The van der Waals surface area contributed by atoms with Crippen LogP contribution in [0.15, 0.2) is 24.3 Å². The number of ether oxygens (including phenoxy) is 2. The zero-order chi connectivity index (χ0) is 13.6. The quantitative estimate of drug-likeness (QED) is 0.638. The summed E-state index contributed by atoms with van der Waals surface area (Å²) in [5.74, 6) is 0. The Morgan fingerprint density at radius 1 is 1.56 bits per heavy atom. The maximum absolute atomic E-state index is 10.6. The molecule has 3 N–H and O–H groups in total. The molecule has 0 unspecified atom stereocenters. The average Bonchev–Trinajstić information content (AvgIpc) is 2.33. The number of aliphatic hydroxyl groups excluding tert-OH is 1. The van der Waals surface area contributed by atoms with Crippen LogP contribution in [0, 0.1) is 0 Å². The zero-order valence-electron chi connectivity index (χ0n) is 11.2. The number of nitrogens with one attached hydrogen (secondary N) is 1. The van der Waals surface area contributed by atoms with Crippen LogP contribution in [0.2, 0.25) is 0 Å². The first-order valence-electron chi connectivity index (χ1n) is 6.21. The molecule has 1 aliphatic rings. The van der Waals surface area contributed by atoms with E-state index in [0.717, 1.165) is 6.42 Å². The fourth-order valence-electron chi connectivity index (χ4n) is 2.03. The highest BCUT2D eigenvalue weighted by molar-refractivity contribution is 5.09. The van der Waals surface area contributed by atoms with Crippen molar-refractivity contribution in [2.75, 3.05) is 7.11 Å². The molecule has 5 nitrogen and oxygen atoms in total. The van der Waals surface area contributed by atoms with Crippen LogP contribution < -0.4 is 5.32 Å². The average molecular weight is 257 g/mol. The molecule has 1 heterocycles. The van der Waals surface area contributed by atoms with Crippen molar-refractivity contribution < 1.29 is 19.7 Å². The minimum absolute atomic E-state index is 0.195. The first-order valence-corrected chi connectivity index (χ1v) is 6.21. The Labute approximate surface area is 108 Å². The van der Waals surface area contributed by atoms with Gasteiger partial charge >= 0.3 is 0 Å². The van der Waals surface area contributed by atoms with E-state index in [1.165, 1.54) is 7.11 Å². The van der Waals surface area contributed by atoms with Gasteiger partial charge in [0.05, 0.1) is 6.10 Å². The van der Waals surface area contributed by atoms with E-state index in [-0.39, 0.29) is 6.10 Å². The first-order chi connectivity index (χ1) is 8.55. The van der Waals surface area contributed by atoms with Gasteiger partial charge < -0.3 is 19.7 Å². The predicted molar refractivity (Wildman–Crippen MR) is 68.6 cm³/mol. The lowest BCUT2D eigenvalue weighted by Gasteiger charge is -2.43. The molecule has 0 amide bonds. The van der Waals surface area contributed by atoms with E-state index in [2.05, 4.69) is 5.32 Å². The second-order valence-electron chi connectivity index (χ2n) is 4.36. The van der Waals surface area contributed by atoms with Gasteiger partial charge in [0.15, 0.2) is 5.72 Å².